The first-order chi connectivity index (χ1) is 15.2. The van der Waals surface area contributed by atoms with Gasteiger partial charge in [0.15, 0.2) is 22.3 Å². The van der Waals surface area contributed by atoms with Crippen molar-refractivity contribution in [2.45, 2.75) is 38.1 Å². The molecule has 0 saturated carbocycles. The third-order valence-electron chi connectivity index (χ3n) is 5.58. The van der Waals surface area contributed by atoms with Crippen LogP contribution in [0.3, 0.4) is 0 Å². The molecule has 1 unspecified atom stereocenters. The molecule has 0 spiro atoms. The Labute approximate surface area is 186 Å². The van der Waals surface area contributed by atoms with Gasteiger partial charge in [0.05, 0.1) is 14.2 Å². The quantitative estimate of drug-likeness (QED) is 0.549. The fraction of sp³-hybridized carbons (Fsp3) is 0.391. The van der Waals surface area contributed by atoms with Crippen LogP contribution in [0.25, 0.3) is 10.8 Å². The van der Waals surface area contributed by atoms with Crippen molar-refractivity contribution in [3.8, 4) is 22.3 Å². The van der Waals surface area contributed by atoms with Crippen molar-refractivity contribution >= 4 is 17.2 Å². The van der Waals surface area contributed by atoms with Crippen molar-refractivity contribution in [2.75, 3.05) is 20.8 Å². The molecule has 1 aromatic carbocycles. The summed E-state index contributed by atoms with van der Waals surface area (Å²) in [6, 6.07) is 7.97. The lowest BCUT2D eigenvalue weighted by Gasteiger charge is -2.35. The van der Waals surface area contributed by atoms with Crippen LogP contribution in [0.15, 0.2) is 42.0 Å². The Bertz CT molecular complexity index is 1020. The van der Waals surface area contributed by atoms with Gasteiger partial charge in [0, 0.05) is 30.4 Å². The van der Waals surface area contributed by atoms with Gasteiger partial charge < -0.3 is 14.4 Å². The minimum atomic E-state index is -0.00422. The molecule has 0 N–H and O–H groups in total. The third-order valence-corrected chi connectivity index (χ3v) is 6.42. The number of amides is 1. The highest BCUT2D eigenvalue weighted by atomic mass is 32.1. The highest BCUT2D eigenvalue weighted by molar-refractivity contribution is 7.13. The van der Waals surface area contributed by atoms with Crippen molar-refractivity contribution < 1.29 is 14.3 Å². The highest BCUT2D eigenvalue weighted by Gasteiger charge is 2.29. The molecule has 8 heteroatoms. The van der Waals surface area contributed by atoms with Crippen molar-refractivity contribution in [2.24, 2.45) is 0 Å². The Kier molecular flexibility index (Phi) is 6.76. The van der Waals surface area contributed by atoms with Crippen molar-refractivity contribution in [1.82, 2.24) is 19.9 Å². The smallest absolute Gasteiger partial charge is 0.273 e. The SMILES string of the molecule is COc1ccc(CCC2CCCCN2C(=O)c2csc(-c3ncccn3)n2)cc1OC. The first kappa shape index (κ1) is 21.2. The van der Waals surface area contributed by atoms with Crippen molar-refractivity contribution in [1.29, 1.82) is 0 Å². The Hall–Kier alpha value is -3.00. The molecule has 2 aromatic heterocycles. The van der Waals surface area contributed by atoms with E-state index in [1.807, 2.05) is 22.4 Å². The van der Waals surface area contributed by atoms with Crippen LogP contribution in [0.2, 0.25) is 0 Å². The summed E-state index contributed by atoms with van der Waals surface area (Å²) in [6.07, 6.45) is 8.31. The second kappa shape index (κ2) is 9.87. The zero-order valence-corrected chi connectivity index (χ0v) is 18.6. The van der Waals surface area contributed by atoms with Gasteiger partial charge in [0.2, 0.25) is 0 Å². The van der Waals surface area contributed by atoms with Crippen LogP contribution in [-0.2, 0) is 6.42 Å². The van der Waals surface area contributed by atoms with Crippen LogP contribution in [0, 0.1) is 0 Å². The number of hydrogen-bond donors (Lipinski definition) is 0. The highest BCUT2D eigenvalue weighted by Crippen LogP contribution is 2.30. The number of thiazole rings is 1. The van der Waals surface area contributed by atoms with Crippen LogP contribution in [0.1, 0.15) is 41.7 Å². The fourth-order valence-corrected chi connectivity index (χ4v) is 4.71. The predicted octanol–water partition coefficient (Wildman–Crippen LogP) is 4.24. The van der Waals surface area contributed by atoms with E-state index in [0.717, 1.165) is 50.1 Å². The van der Waals surface area contributed by atoms with Gasteiger partial charge in [-0.2, -0.15) is 0 Å². The summed E-state index contributed by atoms with van der Waals surface area (Å²) < 4.78 is 10.7. The van der Waals surface area contributed by atoms with E-state index in [1.54, 1.807) is 32.7 Å². The van der Waals surface area contributed by atoms with Crippen LogP contribution < -0.4 is 9.47 Å². The standard InChI is InChI=1S/C23H26N4O3S/c1-29-19-10-8-16(14-20(19)30-2)7-9-17-6-3-4-13-27(17)23(28)18-15-31-22(26-18)21-24-11-5-12-25-21/h5,8,10-12,14-15,17H,3-4,6-7,9,13H2,1-2H3. The van der Waals surface area contributed by atoms with Gasteiger partial charge in [0.25, 0.3) is 5.91 Å². The summed E-state index contributed by atoms with van der Waals surface area (Å²) in [5.41, 5.74) is 1.65. The largest absolute Gasteiger partial charge is 0.493 e. The van der Waals surface area contributed by atoms with Crippen LogP contribution in [0.4, 0.5) is 0 Å². The molecule has 31 heavy (non-hydrogen) atoms. The number of carbonyl (C=O) groups excluding carboxylic acids is 1. The molecule has 0 bridgehead atoms. The Morgan fingerprint density at radius 3 is 2.74 bits per heavy atom. The lowest BCUT2D eigenvalue weighted by Crippen LogP contribution is -2.44. The van der Waals surface area contributed by atoms with Crippen molar-refractivity contribution in [3.63, 3.8) is 0 Å². The number of methoxy groups -OCH3 is 2. The molecule has 1 atom stereocenters. The minimum absolute atomic E-state index is 0.00422. The van der Waals surface area contributed by atoms with E-state index in [9.17, 15) is 4.79 Å². The number of aromatic nitrogens is 3. The van der Waals surface area contributed by atoms with Gasteiger partial charge >= 0.3 is 0 Å². The maximum atomic E-state index is 13.2. The molecule has 7 nitrogen and oxygen atoms in total. The molecule has 1 fully saturated rings. The lowest BCUT2D eigenvalue weighted by atomic mass is 9.95. The Morgan fingerprint density at radius 2 is 1.97 bits per heavy atom. The number of likely N-dealkylation sites (tertiary alicyclic amines) is 1. The summed E-state index contributed by atoms with van der Waals surface area (Å²) in [5.74, 6) is 2.00. The normalized spacial score (nSPS) is 16.2. The number of hydrogen-bond acceptors (Lipinski definition) is 7. The van der Waals surface area contributed by atoms with Crippen LogP contribution in [0.5, 0.6) is 11.5 Å². The van der Waals surface area contributed by atoms with Gasteiger partial charge in [-0.3, -0.25) is 4.79 Å². The number of carbonyl (C=O) groups is 1. The topological polar surface area (TPSA) is 77.4 Å². The van der Waals surface area contributed by atoms with E-state index in [4.69, 9.17) is 9.47 Å². The number of aryl methyl sites for hydroxylation is 1. The maximum absolute atomic E-state index is 13.2. The summed E-state index contributed by atoms with van der Waals surface area (Å²) >= 11 is 1.40. The van der Waals surface area contributed by atoms with Crippen LogP contribution in [-0.4, -0.2) is 52.6 Å². The summed E-state index contributed by atoms with van der Waals surface area (Å²) in [7, 11) is 3.28. The molecule has 1 aliphatic heterocycles. The average molecular weight is 439 g/mol. The molecule has 0 radical (unpaired) electrons. The van der Waals surface area contributed by atoms with Gasteiger partial charge in [-0.05, 0) is 55.9 Å². The lowest BCUT2D eigenvalue weighted by molar-refractivity contribution is 0.0596. The number of ether oxygens (including phenoxy) is 2. The molecule has 0 aliphatic carbocycles. The van der Waals surface area contributed by atoms with Crippen LogP contribution >= 0.6 is 11.3 Å². The van der Waals surface area contributed by atoms with Gasteiger partial charge in [-0.15, -0.1) is 11.3 Å². The minimum Gasteiger partial charge on any atom is -0.493 e. The summed E-state index contributed by atoms with van der Waals surface area (Å²) in [6.45, 7) is 0.768. The van der Waals surface area contributed by atoms with E-state index in [-0.39, 0.29) is 11.9 Å². The van der Waals surface area contributed by atoms with Crippen molar-refractivity contribution in [3.05, 3.63) is 53.3 Å². The Morgan fingerprint density at radius 1 is 1.16 bits per heavy atom. The molecule has 1 saturated heterocycles. The van der Waals surface area contributed by atoms with E-state index in [0.29, 0.717) is 16.5 Å². The summed E-state index contributed by atoms with van der Waals surface area (Å²) in [4.78, 5) is 28.2. The fourth-order valence-electron chi connectivity index (χ4n) is 3.97. The van der Waals surface area contributed by atoms with Gasteiger partial charge in [0.1, 0.15) is 5.69 Å². The molecule has 4 rings (SSSR count). The molecule has 3 aromatic rings. The molecular formula is C23H26N4O3S. The average Bonchev–Trinajstić information content (AvgIpc) is 3.33. The summed E-state index contributed by atoms with van der Waals surface area (Å²) in [5, 5.41) is 2.48. The zero-order valence-electron chi connectivity index (χ0n) is 17.8. The van der Waals surface area contributed by atoms with E-state index < -0.39 is 0 Å². The zero-order chi connectivity index (χ0) is 21.6. The molecule has 1 aliphatic rings. The maximum Gasteiger partial charge on any atom is 0.273 e. The first-order valence-corrected chi connectivity index (χ1v) is 11.3. The molecular weight excluding hydrogens is 412 g/mol. The third kappa shape index (κ3) is 4.85. The van der Waals surface area contributed by atoms with Gasteiger partial charge in [-0.25, -0.2) is 15.0 Å². The number of rotatable bonds is 7. The predicted molar refractivity (Wildman–Crippen MR) is 120 cm³/mol. The molecule has 3 heterocycles. The number of nitrogens with zero attached hydrogens (tertiary/aromatic N) is 4. The Balaban J connectivity index is 1.45. The van der Waals surface area contributed by atoms with E-state index >= 15 is 0 Å². The molecule has 1 amide bonds. The second-order valence-corrected chi connectivity index (χ2v) is 8.34. The molecule has 162 valence electrons. The van der Waals surface area contributed by atoms with Gasteiger partial charge in [-0.1, -0.05) is 6.07 Å². The van der Waals surface area contributed by atoms with E-state index in [1.165, 1.54) is 16.9 Å². The number of piperidine rings is 1. The number of benzene rings is 1. The monoisotopic (exact) mass is 438 g/mol. The van der Waals surface area contributed by atoms with E-state index in [2.05, 4.69) is 21.0 Å². The first-order valence-electron chi connectivity index (χ1n) is 10.4. The second-order valence-electron chi connectivity index (χ2n) is 7.49.